The molecular weight excluding hydrogens is 344 g/mol. The molecule has 1 amide bonds. The number of hydrogen-bond donors (Lipinski definition) is 1. The quantitative estimate of drug-likeness (QED) is 0.881. The number of nitrogens with one attached hydrogen (secondary N) is 1. The Morgan fingerprint density at radius 1 is 1.12 bits per heavy atom. The number of ether oxygens (including phenoxy) is 2. The van der Waals surface area contributed by atoms with Gasteiger partial charge in [0.2, 0.25) is 22.7 Å². The number of aryl methyl sites for hydroxylation is 1. The molecule has 1 aliphatic rings. The molecule has 0 unspecified atom stereocenters. The molecule has 2 aromatic carbocycles. The van der Waals surface area contributed by atoms with Crippen molar-refractivity contribution in [1.29, 1.82) is 0 Å². The standard InChI is InChI=1S/C17H18N2O5S/c1-12-3-5-13(6-4-12)18-17(20)10-19(25(2,21)22)14-7-8-15-16(9-14)24-11-23-15/h3-9H,10-11H2,1-2H3,(H,18,20). The van der Waals surface area contributed by atoms with E-state index in [9.17, 15) is 13.2 Å². The van der Waals surface area contributed by atoms with Crippen LogP contribution in [0.1, 0.15) is 5.56 Å². The second-order valence-electron chi connectivity index (χ2n) is 5.72. The van der Waals surface area contributed by atoms with Gasteiger partial charge in [-0.3, -0.25) is 9.10 Å². The van der Waals surface area contributed by atoms with E-state index in [0.29, 0.717) is 22.9 Å². The third kappa shape index (κ3) is 4.03. The number of benzene rings is 2. The second kappa shape index (κ2) is 6.64. The predicted octanol–water partition coefficient (Wildman–Crippen LogP) is 2.13. The number of rotatable bonds is 5. The third-order valence-electron chi connectivity index (χ3n) is 3.67. The van der Waals surface area contributed by atoms with E-state index < -0.39 is 15.9 Å². The first-order chi connectivity index (χ1) is 11.8. The summed E-state index contributed by atoms with van der Waals surface area (Å²) >= 11 is 0. The van der Waals surface area contributed by atoms with Crippen molar-refractivity contribution < 1.29 is 22.7 Å². The van der Waals surface area contributed by atoms with Crippen molar-refractivity contribution in [1.82, 2.24) is 0 Å². The van der Waals surface area contributed by atoms with Gasteiger partial charge in [-0.1, -0.05) is 17.7 Å². The normalized spacial score (nSPS) is 12.7. The van der Waals surface area contributed by atoms with Crippen LogP contribution < -0.4 is 19.1 Å². The molecule has 2 aromatic rings. The number of anilines is 2. The molecule has 3 rings (SSSR count). The number of fused-ring (bicyclic) bond motifs is 1. The van der Waals surface area contributed by atoms with E-state index in [2.05, 4.69) is 5.32 Å². The molecule has 0 saturated carbocycles. The van der Waals surface area contributed by atoms with Gasteiger partial charge in [0.1, 0.15) is 6.54 Å². The first-order valence-electron chi connectivity index (χ1n) is 7.57. The molecule has 132 valence electrons. The molecule has 1 heterocycles. The summed E-state index contributed by atoms with van der Waals surface area (Å²) in [4.78, 5) is 12.3. The monoisotopic (exact) mass is 362 g/mol. The molecule has 0 bridgehead atoms. The summed E-state index contributed by atoms with van der Waals surface area (Å²) in [6, 6.07) is 12.0. The van der Waals surface area contributed by atoms with Gasteiger partial charge in [0.15, 0.2) is 11.5 Å². The summed E-state index contributed by atoms with van der Waals surface area (Å²) in [6.45, 7) is 1.69. The van der Waals surface area contributed by atoms with E-state index in [-0.39, 0.29) is 13.3 Å². The molecule has 25 heavy (non-hydrogen) atoms. The summed E-state index contributed by atoms with van der Waals surface area (Å²) in [6.07, 6.45) is 1.05. The van der Waals surface area contributed by atoms with Crippen molar-refractivity contribution >= 4 is 27.3 Å². The number of hydrogen-bond acceptors (Lipinski definition) is 5. The van der Waals surface area contributed by atoms with Gasteiger partial charge < -0.3 is 14.8 Å². The topological polar surface area (TPSA) is 84.9 Å². The Morgan fingerprint density at radius 2 is 1.80 bits per heavy atom. The highest BCUT2D eigenvalue weighted by atomic mass is 32.2. The highest BCUT2D eigenvalue weighted by molar-refractivity contribution is 7.92. The van der Waals surface area contributed by atoms with Crippen molar-refractivity contribution in [2.45, 2.75) is 6.92 Å². The van der Waals surface area contributed by atoms with E-state index >= 15 is 0 Å². The Labute approximate surface area is 146 Å². The lowest BCUT2D eigenvalue weighted by Gasteiger charge is -2.22. The zero-order chi connectivity index (χ0) is 18.0. The lowest BCUT2D eigenvalue weighted by molar-refractivity contribution is -0.114. The number of amides is 1. The maximum Gasteiger partial charge on any atom is 0.245 e. The van der Waals surface area contributed by atoms with E-state index in [1.807, 2.05) is 19.1 Å². The van der Waals surface area contributed by atoms with Gasteiger partial charge in [-0.25, -0.2) is 8.42 Å². The first-order valence-corrected chi connectivity index (χ1v) is 9.41. The molecule has 0 radical (unpaired) electrons. The smallest absolute Gasteiger partial charge is 0.245 e. The van der Waals surface area contributed by atoms with Crippen LogP contribution in [-0.2, 0) is 14.8 Å². The second-order valence-corrected chi connectivity index (χ2v) is 7.63. The predicted molar refractivity (Wildman–Crippen MR) is 94.6 cm³/mol. The molecule has 1 N–H and O–H groups in total. The van der Waals surface area contributed by atoms with E-state index in [1.165, 1.54) is 0 Å². The molecule has 0 aliphatic carbocycles. The summed E-state index contributed by atoms with van der Waals surface area (Å²) in [5.41, 5.74) is 2.01. The molecule has 0 saturated heterocycles. The van der Waals surface area contributed by atoms with E-state index in [0.717, 1.165) is 16.1 Å². The number of nitrogens with zero attached hydrogens (tertiary/aromatic N) is 1. The summed E-state index contributed by atoms with van der Waals surface area (Å²) in [5.74, 6) is 0.554. The lowest BCUT2D eigenvalue weighted by atomic mass is 10.2. The fraction of sp³-hybridized carbons (Fsp3) is 0.235. The molecule has 1 aliphatic heterocycles. The fourth-order valence-corrected chi connectivity index (χ4v) is 3.26. The van der Waals surface area contributed by atoms with Crippen molar-refractivity contribution in [2.75, 3.05) is 29.2 Å². The maximum absolute atomic E-state index is 12.3. The number of carbonyl (C=O) groups excluding carboxylic acids is 1. The highest BCUT2D eigenvalue weighted by Crippen LogP contribution is 2.36. The maximum atomic E-state index is 12.3. The average molecular weight is 362 g/mol. The van der Waals surface area contributed by atoms with Gasteiger partial charge in [0.05, 0.1) is 11.9 Å². The third-order valence-corrected chi connectivity index (χ3v) is 4.81. The van der Waals surface area contributed by atoms with Crippen molar-refractivity contribution in [3.63, 3.8) is 0 Å². The van der Waals surface area contributed by atoms with Crippen LogP contribution in [0.25, 0.3) is 0 Å². The number of sulfonamides is 1. The molecule has 0 atom stereocenters. The largest absolute Gasteiger partial charge is 0.454 e. The molecular formula is C17H18N2O5S. The van der Waals surface area contributed by atoms with Gasteiger partial charge in [-0.05, 0) is 31.2 Å². The lowest BCUT2D eigenvalue weighted by Crippen LogP contribution is -2.37. The Balaban J connectivity index is 1.79. The summed E-state index contributed by atoms with van der Waals surface area (Å²) in [5, 5.41) is 2.69. The molecule has 0 aromatic heterocycles. The summed E-state index contributed by atoms with van der Waals surface area (Å²) in [7, 11) is -3.65. The van der Waals surface area contributed by atoms with Crippen LogP contribution in [-0.4, -0.2) is 33.9 Å². The van der Waals surface area contributed by atoms with Crippen LogP contribution in [0.4, 0.5) is 11.4 Å². The zero-order valence-electron chi connectivity index (χ0n) is 13.9. The Morgan fingerprint density at radius 3 is 2.48 bits per heavy atom. The van der Waals surface area contributed by atoms with Crippen LogP contribution in [0.15, 0.2) is 42.5 Å². The molecule has 7 nitrogen and oxygen atoms in total. The van der Waals surface area contributed by atoms with Gasteiger partial charge >= 0.3 is 0 Å². The van der Waals surface area contributed by atoms with Crippen LogP contribution in [0.2, 0.25) is 0 Å². The Bertz CT molecular complexity index is 894. The molecule has 0 spiro atoms. The van der Waals surface area contributed by atoms with Gasteiger partial charge in [0.25, 0.3) is 0 Å². The van der Waals surface area contributed by atoms with E-state index in [1.54, 1.807) is 30.3 Å². The van der Waals surface area contributed by atoms with Gasteiger partial charge in [0, 0.05) is 11.8 Å². The Hall–Kier alpha value is -2.74. The minimum atomic E-state index is -3.65. The SMILES string of the molecule is Cc1ccc(NC(=O)CN(c2ccc3c(c2)OCO3)S(C)(=O)=O)cc1. The Kier molecular flexibility index (Phi) is 4.54. The zero-order valence-corrected chi connectivity index (χ0v) is 14.7. The van der Waals surface area contributed by atoms with Gasteiger partial charge in [-0.15, -0.1) is 0 Å². The minimum Gasteiger partial charge on any atom is -0.454 e. The van der Waals surface area contributed by atoms with Crippen molar-refractivity contribution in [3.05, 3.63) is 48.0 Å². The van der Waals surface area contributed by atoms with Crippen molar-refractivity contribution in [3.8, 4) is 11.5 Å². The van der Waals surface area contributed by atoms with Crippen LogP contribution >= 0.6 is 0 Å². The molecule has 8 heteroatoms. The van der Waals surface area contributed by atoms with Crippen LogP contribution in [0, 0.1) is 6.92 Å². The first kappa shape index (κ1) is 17.1. The number of carbonyl (C=O) groups is 1. The van der Waals surface area contributed by atoms with E-state index in [4.69, 9.17) is 9.47 Å². The highest BCUT2D eigenvalue weighted by Gasteiger charge is 2.23. The van der Waals surface area contributed by atoms with Crippen molar-refractivity contribution in [2.24, 2.45) is 0 Å². The van der Waals surface area contributed by atoms with Crippen LogP contribution in [0.5, 0.6) is 11.5 Å². The van der Waals surface area contributed by atoms with Crippen LogP contribution in [0.3, 0.4) is 0 Å². The summed E-state index contributed by atoms with van der Waals surface area (Å²) < 4.78 is 35.8. The minimum absolute atomic E-state index is 0.0889. The molecule has 0 fully saturated rings. The fourth-order valence-electron chi connectivity index (χ4n) is 2.41. The van der Waals surface area contributed by atoms with Gasteiger partial charge in [-0.2, -0.15) is 0 Å². The average Bonchev–Trinajstić information content (AvgIpc) is 3.01.